The van der Waals surface area contributed by atoms with E-state index in [0.29, 0.717) is 17.7 Å². The van der Waals surface area contributed by atoms with Crippen LogP contribution in [0.5, 0.6) is 5.75 Å². The Morgan fingerprint density at radius 3 is 2.49 bits per heavy atom. The number of aryl methyl sites for hydroxylation is 3. The van der Waals surface area contributed by atoms with Gasteiger partial charge in [-0.15, -0.1) is 11.3 Å². The molecule has 1 N–H and O–H groups in total. The SMILES string of the molecule is Cc1nc2cc(CC(=O)c3ccc4nc(-c5c(C)cc(OCC(=O)N6CCCC6)cc5C)[nH]c4c3)ccc2s1. The summed E-state index contributed by atoms with van der Waals surface area (Å²) in [5.74, 6) is 1.51. The van der Waals surface area contributed by atoms with Crippen LogP contribution in [-0.2, 0) is 11.2 Å². The molecule has 39 heavy (non-hydrogen) atoms. The summed E-state index contributed by atoms with van der Waals surface area (Å²) >= 11 is 1.66. The summed E-state index contributed by atoms with van der Waals surface area (Å²) in [6.07, 6.45) is 2.45. The first-order chi connectivity index (χ1) is 18.8. The fraction of sp³-hybridized carbons (Fsp3) is 0.290. The molecule has 6 rings (SSSR count). The second kappa shape index (κ2) is 10.3. The number of carbonyl (C=O) groups excluding carboxylic acids is 2. The number of hydrogen-bond donors (Lipinski definition) is 1. The van der Waals surface area contributed by atoms with Crippen LogP contribution in [-0.4, -0.2) is 51.2 Å². The van der Waals surface area contributed by atoms with Crippen molar-refractivity contribution in [2.75, 3.05) is 19.7 Å². The number of thiazole rings is 1. The van der Waals surface area contributed by atoms with Crippen LogP contribution in [0.3, 0.4) is 0 Å². The number of H-pyrrole nitrogens is 1. The van der Waals surface area contributed by atoms with Crippen molar-refractivity contribution in [1.82, 2.24) is 19.9 Å². The summed E-state index contributed by atoms with van der Waals surface area (Å²) in [6.45, 7) is 7.71. The Labute approximate surface area is 230 Å². The van der Waals surface area contributed by atoms with Crippen LogP contribution < -0.4 is 4.74 Å². The van der Waals surface area contributed by atoms with Crippen molar-refractivity contribution >= 4 is 44.3 Å². The molecule has 198 valence electrons. The molecule has 0 atom stereocenters. The summed E-state index contributed by atoms with van der Waals surface area (Å²) in [5.41, 5.74) is 7.16. The first kappa shape index (κ1) is 25.2. The number of Topliss-reactive ketones (excluding diaryl/α,β-unsaturated/α-hetero) is 1. The zero-order chi connectivity index (χ0) is 27.1. The summed E-state index contributed by atoms with van der Waals surface area (Å²) in [6, 6.07) is 15.6. The van der Waals surface area contributed by atoms with Crippen molar-refractivity contribution in [1.29, 1.82) is 0 Å². The summed E-state index contributed by atoms with van der Waals surface area (Å²) in [5, 5.41) is 1.02. The van der Waals surface area contributed by atoms with Gasteiger partial charge in [0.15, 0.2) is 12.4 Å². The van der Waals surface area contributed by atoms with E-state index >= 15 is 0 Å². The fourth-order valence-corrected chi connectivity index (χ4v) is 6.18. The Balaban J connectivity index is 1.20. The van der Waals surface area contributed by atoms with Crippen molar-refractivity contribution in [2.45, 2.75) is 40.0 Å². The number of nitrogens with zero attached hydrogens (tertiary/aromatic N) is 3. The third-order valence-corrected chi connectivity index (χ3v) is 8.24. The van der Waals surface area contributed by atoms with Crippen molar-refractivity contribution < 1.29 is 14.3 Å². The van der Waals surface area contributed by atoms with Crippen LogP contribution >= 0.6 is 11.3 Å². The van der Waals surface area contributed by atoms with Gasteiger partial charge < -0.3 is 14.6 Å². The number of benzene rings is 3. The molecule has 0 bridgehead atoms. The molecule has 1 saturated heterocycles. The van der Waals surface area contributed by atoms with Gasteiger partial charge in [0.25, 0.3) is 5.91 Å². The number of imidazole rings is 1. The number of aromatic amines is 1. The van der Waals surface area contributed by atoms with Crippen molar-refractivity contribution in [3.8, 4) is 17.1 Å². The van der Waals surface area contributed by atoms with Gasteiger partial charge in [-0.3, -0.25) is 9.59 Å². The van der Waals surface area contributed by atoms with Crippen molar-refractivity contribution in [3.63, 3.8) is 0 Å². The second-order valence-corrected chi connectivity index (χ2v) is 11.5. The molecule has 2 aromatic heterocycles. The van der Waals surface area contributed by atoms with Gasteiger partial charge in [-0.25, -0.2) is 9.97 Å². The Hall–Kier alpha value is -4.04. The average molecular weight is 539 g/mol. The summed E-state index contributed by atoms with van der Waals surface area (Å²) in [4.78, 5) is 40.1. The minimum absolute atomic E-state index is 0.0355. The number of likely N-dealkylation sites (tertiary alicyclic amines) is 1. The van der Waals surface area contributed by atoms with Crippen LogP contribution in [0.1, 0.15) is 44.9 Å². The predicted octanol–water partition coefficient (Wildman–Crippen LogP) is 6.19. The first-order valence-electron chi connectivity index (χ1n) is 13.3. The minimum atomic E-state index is 0.0355. The maximum Gasteiger partial charge on any atom is 0.260 e. The number of aromatic nitrogens is 3. The Bertz CT molecular complexity index is 1710. The average Bonchev–Trinajstić information content (AvgIpc) is 3.65. The molecule has 5 aromatic rings. The number of rotatable bonds is 7. The zero-order valence-corrected chi connectivity index (χ0v) is 23.2. The van der Waals surface area contributed by atoms with E-state index in [1.807, 2.05) is 74.2 Å². The molecule has 0 radical (unpaired) electrons. The van der Waals surface area contributed by atoms with Gasteiger partial charge in [0.05, 0.1) is 26.3 Å². The Morgan fingerprint density at radius 1 is 0.949 bits per heavy atom. The highest BCUT2D eigenvalue weighted by atomic mass is 32.1. The molecule has 0 unspecified atom stereocenters. The molecule has 0 aliphatic carbocycles. The molecule has 8 heteroatoms. The van der Waals surface area contributed by atoms with E-state index in [1.165, 1.54) is 0 Å². The molecule has 3 aromatic carbocycles. The van der Waals surface area contributed by atoms with Crippen molar-refractivity contribution in [3.05, 3.63) is 75.8 Å². The highest BCUT2D eigenvalue weighted by Crippen LogP contribution is 2.31. The molecular weight excluding hydrogens is 508 g/mol. The van der Waals surface area contributed by atoms with E-state index in [9.17, 15) is 9.59 Å². The fourth-order valence-electron chi connectivity index (χ4n) is 5.37. The van der Waals surface area contributed by atoms with Crippen LogP contribution in [0, 0.1) is 20.8 Å². The summed E-state index contributed by atoms with van der Waals surface area (Å²) in [7, 11) is 0. The lowest BCUT2D eigenvalue weighted by atomic mass is 10.0. The van der Waals surface area contributed by atoms with Gasteiger partial charge in [0.2, 0.25) is 0 Å². The predicted molar refractivity (Wildman–Crippen MR) is 155 cm³/mol. The third-order valence-electron chi connectivity index (χ3n) is 7.29. The maximum absolute atomic E-state index is 13.1. The topological polar surface area (TPSA) is 88.2 Å². The number of hydrogen-bond acceptors (Lipinski definition) is 6. The van der Waals surface area contributed by atoms with E-state index in [2.05, 4.69) is 9.97 Å². The number of fused-ring (bicyclic) bond motifs is 2. The monoisotopic (exact) mass is 538 g/mol. The molecule has 1 amide bonds. The standard InChI is InChI=1S/C31H30N4O3S/c1-18-12-23(38-17-29(37)35-10-4-5-11-35)13-19(2)30(18)31-33-24-8-7-22(16-25(24)34-31)27(36)15-21-6-9-28-26(14-21)32-20(3)39-28/h6-9,12-14,16H,4-5,10-11,15,17H2,1-3H3,(H,33,34). The van der Waals surface area contributed by atoms with Crippen LogP contribution in [0.4, 0.5) is 0 Å². The number of carbonyl (C=O) groups is 2. The molecule has 0 spiro atoms. The van der Waals surface area contributed by atoms with Gasteiger partial charge >= 0.3 is 0 Å². The normalized spacial score (nSPS) is 13.5. The lowest BCUT2D eigenvalue weighted by Gasteiger charge is -2.16. The third kappa shape index (κ3) is 5.16. The smallest absolute Gasteiger partial charge is 0.260 e. The van der Waals surface area contributed by atoms with Crippen LogP contribution in [0.25, 0.3) is 32.6 Å². The Morgan fingerprint density at radius 2 is 1.72 bits per heavy atom. The Kier molecular flexibility index (Phi) is 6.64. The van der Waals surface area contributed by atoms with Gasteiger partial charge in [-0.05, 0) is 92.8 Å². The highest BCUT2D eigenvalue weighted by Gasteiger charge is 2.19. The van der Waals surface area contributed by atoms with E-state index in [0.717, 1.165) is 80.3 Å². The second-order valence-electron chi connectivity index (χ2n) is 10.3. The van der Waals surface area contributed by atoms with E-state index in [4.69, 9.17) is 9.72 Å². The van der Waals surface area contributed by atoms with E-state index in [-0.39, 0.29) is 18.3 Å². The van der Waals surface area contributed by atoms with Gasteiger partial charge in [0.1, 0.15) is 11.6 Å². The quantitative estimate of drug-likeness (QED) is 0.250. The van der Waals surface area contributed by atoms with Gasteiger partial charge in [-0.2, -0.15) is 0 Å². The highest BCUT2D eigenvalue weighted by molar-refractivity contribution is 7.18. The zero-order valence-electron chi connectivity index (χ0n) is 22.3. The number of nitrogens with one attached hydrogen (secondary N) is 1. The van der Waals surface area contributed by atoms with E-state index in [1.54, 1.807) is 11.3 Å². The van der Waals surface area contributed by atoms with Crippen LogP contribution in [0.2, 0.25) is 0 Å². The molecule has 1 fully saturated rings. The molecular formula is C31H30N4O3S. The lowest BCUT2D eigenvalue weighted by molar-refractivity contribution is -0.132. The first-order valence-corrected chi connectivity index (χ1v) is 14.1. The van der Waals surface area contributed by atoms with E-state index < -0.39 is 0 Å². The minimum Gasteiger partial charge on any atom is -0.484 e. The summed E-state index contributed by atoms with van der Waals surface area (Å²) < 4.78 is 6.98. The number of amides is 1. The molecule has 1 aliphatic heterocycles. The molecule has 1 aliphatic rings. The number of ether oxygens (including phenoxy) is 1. The largest absolute Gasteiger partial charge is 0.484 e. The van der Waals surface area contributed by atoms with Crippen LogP contribution in [0.15, 0.2) is 48.5 Å². The number of ketones is 1. The van der Waals surface area contributed by atoms with Crippen molar-refractivity contribution in [2.24, 2.45) is 0 Å². The molecule has 0 saturated carbocycles. The van der Waals surface area contributed by atoms with Gasteiger partial charge in [0, 0.05) is 30.6 Å². The molecule has 7 nitrogen and oxygen atoms in total. The lowest BCUT2D eigenvalue weighted by Crippen LogP contribution is -2.32. The maximum atomic E-state index is 13.1. The molecule has 3 heterocycles. The van der Waals surface area contributed by atoms with Gasteiger partial charge in [-0.1, -0.05) is 6.07 Å².